The molecule has 10 atom stereocenters. The fourth-order valence-corrected chi connectivity index (χ4v) is 2.99. The number of rotatable bonds is 3. The number of aliphatic hydroxyl groups is 9. The van der Waals surface area contributed by atoms with Crippen LogP contribution in [0.25, 0.3) is 0 Å². The van der Waals surface area contributed by atoms with E-state index in [2.05, 4.69) is 0 Å². The molecule has 2 aliphatic rings. The van der Waals surface area contributed by atoms with Crippen molar-refractivity contribution in [1.29, 1.82) is 0 Å². The smallest absolute Gasteiger partial charge is 0.184 e. The molecule has 0 radical (unpaired) electrons. The van der Waals surface area contributed by atoms with Crippen LogP contribution in [0.2, 0.25) is 0 Å². The van der Waals surface area contributed by atoms with E-state index < -0.39 is 73.9 Å². The summed E-state index contributed by atoms with van der Waals surface area (Å²) >= 11 is 0. The Morgan fingerprint density at radius 2 is 1.26 bits per heavy atom. The highest BCUT2D eigenvalue weighted by atomic mass is 16.6. The molecular formula is C12H22O11. The molecule has 0 spiro atoms. The van der Waals surface area contributed by atoms with E-state index in [1.54, 1.807) is 0 Å². The molecule has 2 aliphatic heterocycles. The Balaban J connectivity index is 2.38. The van der Waals surface area contributed by atoms with E-state index in [1.165, 1.54) is 0 Å². The molecule has 11 heteroatoms. The Morgan fingerprint density at radius 1 is 0.696 bits per heavy atom. The minimum Gasteiger partial charge on any atom is -0.394 e. The summed E-state index contributed by atoms with van der Waals surface area (Å²) in [6.07, 6.45) is -16.5. The van der Waals surface area contributed by atoms with Crippen LogP contribution >= 0.6 is 0 Å². The van der Waals surface area contributed by atoms with Gasteiger partial charge in [0.15, 0.2) is 11.9 Å². The second-order valence-corrected chi connectivity index (χ2v) is 5.77. The third-order valence-electron chi connectivity index (χ3n) is 4.41. The van der Waals surface area contributed by atoms with Crippen LogP contribution in [0.15, 0.2) is 0 Å². The highest BCUT2D eigenvalue weighted by Crippen LogP contribution is 2.38. The SMILES string of the molecule is OC[C@H]1OC([C@]2(O)[C@H](O)[C@@H](CO)OC(O)[C@@H]2O)[C@H](O)[C@@H](O)[C@@H]1O. The molecule has 0 aromatic rings. The van der Waals surface area contributed by atoms with Gasteiger partial charge in [0.2, 0.25) is 0 Å². The van der Waals surface area contributed by atoms with Gasteiger partial charge in [-0.3, -0.25) is 0 Å². The van der Waals surface area contributed by atoms with Crippen molar-refractivity contribution in [1.82, 2.24) is 0 Å². The molecule has 0 bridgehead atoms. The van der Waals surface area contributed by atoms with E-state index in [1.807, 2.05) is 0 Å². The van der Waals surface area contributed by atoms with Crippen LogP contribution in [0.5, 0.6) is 0 Å². The van der Waals surface area contributed by atoms with Gasteiger partial charge >= 0.3 is 0 Å². The van der Waals surface area contributed by atoms with Crippen LogP contribution in [-0.4, -0.2) is 120 Å². The Kier molecular flexibility index (Phi) is 5.60. The van der Waals surface area contributed by atoms with Crippen molar-refractivity contribution in [2.75, 3.05) is 13.2 Å². The Hall–Kier alpha value is -0.440. The molecule has 0 aromatic carbocycles. The first-order valence-electron chi connectivity index (χ1n) is 7.03. The van der Waals surface area contributed by atoms with Crippen LogP contribution in [0.1, 0.15) is 0 Å². The molecule has 2 rings (SSSR count). The molecule has 136 valence electrons. The molecule has 2 fully saturated rings. The van der Waals surface area contributed by atoms with Gasteiger partial charge in [0.1, 0.15) is 48.8 Å². The summed E-state index contributed by atoms with van der Waals surface area (Å²) in [7, 11) is 0. The zero-order valence-electron chi connectivity index (χ0n) is 12.0. The van der Waals surface area contributed by atoms with Crippen molar-refractivity contribution in [3.63, 3.8) is 0 Å². The topological polar surface area (TPSA) is 201 Å². The summed E-state index contributed by atoms with van der Waals surface area (Å²) in [6.45, 7) is -1.61. The van der Waals surface area contributed by atoms with Crippen LogP contribution < -0.4 is 0 Å². The molecule has 2 unspecified atom stereocenters. The molecule has 11 nitrogen and oxygen atoms in total. The molecule has 23 heavy (non-hydrogen) atoms. The predicted molar refractivity (Wildman–Crippen MR) is 68.7 cm³/mol. The normalized spacial score (nSPS) is 54.9. The summed E-state index contributed by atoms with van der Waals surface area (Å²) in [5, 5.41) is 88.3. The number of hydrogen-bond donors (Lipinski definition) is 9. The van der Waals surface area contributed by atoms with Gasteiger partial charge in [0.25, 0.3) is 0 Å². The van der Waals surface area contributed by atoms with E-state index in [0.717, 1.165) is 0 Å². The number of aliphatic hydroxyl groups excluding tert-OH is 8. The van der Waals surface area contributed by atoms with E-state index in [-0.39, 0.29) is 0 Å². The van der Waals surface area contributed by atoms with Crippen LogP contribution in [0.3, 0.4) is 0 Å². The second-order valence-electron chi connectivity index (χ2n) is 5.77. The van der Waals surface area contributed by atoms with Crippen LogP contribution in [0, 0.1) is 0 Å². The summed E-state index contributed by atoms with van der Waals surface area (Å²) in [6, 6.07) is 0. The van der Waals surface area contributed by atoms with E-state index >= 15 is 0 Å². The maximum Gasteiger partial charge on any atom is 0.184 e. The molecule has 2 saturated heterocycles. The standard InChI is InChI=1S/C12H22O11/c13-1-3-5(15)6(16)7(17)10(22-3)12(21)8(18)4(2-14)23-11(20)9(12)19/h3-11,13-21H,1-2H2/t3-,4-,5-,6+,7-,8-,9+,10?,11?,12+/m1/s1. The highest BCUT2D eigenvalue weighted by Gasteiger charge is 2.64. The fourth-order valence-electron chi connectivity index (χ4n) is 2.99. The third-order valence-corrected chi connectivity index (χ3v) is 4.41. The average molecular weight is 342 g/mol. The molecule has 0 amide bonds. The van der Waals surface area contributed by atoms with Gasteiger partial charge in [-0.05, 0) is 0 Å². The summed E-state index contributed by atoms with van der Waals surface area (Å²) < 4.78 is 9.86. The lowest BCUT2D eigenvalue weighted by Gasteiger charge is -2.53. The first-order valence-corrected chi connectivity index (χ1v) is 7.03. The molecule has 0 aromatic heterocycles. The highest BCUT2D eigenvalue weighted by molar-refractivity contribution is 5.11. The molecule has 2 heterocycles. The third kappa shape index (κ3) is 2.88. The molecular weight excluding hydrogens is 320 g/mol. The lowest BCUT2D eigenvalue weighted by atomic mass is 9.74. The fraction of sp³-hybridized carbons (Fsp3) is 1.00. The van der Waals surface area contributed by atoms with Crippen molar-refractivity contribution < 1.29 is 55.4 Å². The quantitative estimate of drug-likeness (QED) is 0.236. The minimum atomic E-state index is -2.75. The monoisotopic (exact) mass is 342 g/mol. The largest absolute Gasteiger partial charge is 0.394 e. The molecule has 0 aliphatic carbocycles. The maximum atomic E-state index is 10.7. The van der Waals surface area contributed by atoms with Crippen molar-refractivity contribution in [2.45, 2.75) is 60.7 Å². The Bertz CT molecular complexity index is 406. The number of ether oxygens (including phenoxy) is 2. The summed E-state index contributed by atoms with van der Waals surface area (Å²) in [5.74, 6) is 0. The van der Waals surface area contributed by atoms with Gasteiger partial charge in [-0.2, -0.15) is 0 Å². The minimum absolute atomic E-state index is 0.786. The van der Waals surface area contributed by atoms with Crippen LogP contribution in [0.4, 0.5) is 0 Å². The lowest BCUT2D eigenvalue weighted by molar-refractivity contribution is -0.368. The van der Waals surface area contributed by atoms with E-state index in [0.29, 0.717) is 0 Å². The van der Waals surface area contributed by atoms with Crippen molar-refractivity contribution in [3.05, 3.63) is 0 Å². The summed E-state index contributed by atoms with van der Waals surface area (Å²) in [5.41, 5.74) is -2.75. The average Bonchev–Trinajstić information content (AvgIpc) is 2.54. The van der Waals surface area contributed by atoms with Gasteiger partial charge in [0, 0.05) is 0 Å². The van der Waals surface area contributed by atoms with Gasteiger partial charge in [-0.15, -0.1) is 0 Å². The second kappa shape index (κ2) is 6.82. The first-order chi connectivity index (χ1) is 10.7. The van der Waals surface area contributed by atoms with Gasteiger partial charge < -0.3 is 55.4 Å². The van der Waals surface area contributed by atoms with E-state index in [9.17, 15) is 35.7 Å². The summed E-state index contributed by atoms with van der Waals surface area (Å²) in [4.78, 5) is 0. The Morgan fingerprint density at radius 3 is 1.78 bits per heavy atom. The zero-order chi connectivity index (χ0) is 17.5. The van der Waals surface area contributed by atoms with Gasteiger partial charge in [-0.25, -0.2) is 0 Å². The van der Waals surface area contributed by atoms with E-state index in [4.69, 9.17) is 19.7 Å². The Labute approximate surface area is 130 Å². The zero-order valence-corrected chi connectivity index (χ0v) is 12.0. The first kappa shape index (κ1) is 18.9. The van der Waals surface area contributed by atoms with Crippen molar-refractivity contribution >= 4 is 0 Å². The lowest BCUT2D eigenvalue weighted by Crippen LogP contribution is -2.77. The van der Waals surface area contributed by atoms with Crippen LogP contribution in [-0.2, 0) is 9.47 Å². The number of hydrogen-bond acceptors (Lipinski definition) is 11. The van der Waals surface area contributed by atoms with Crippen molar-refractivity contribution in [3.8, 4) is 0 Å². The van der Waals surface area contributed by atoms with Crippen molar-refractivity contribution in [2.24, 2.45) is 0 Å². The van der Waals surface area contributed by atoms with Gasteiger partial charge in [0.05, 0.1) is 13.2 Å². The van der Waals surface area contributed by atoms with Gasteiger partial charge in [-0.1, -0.05) is 0 Å². The molecule has 9 N–H and O–H groups in total. The maximum absolute atomic E-state index is 10.7. The molecule has 0 saturated carbocycles. The predicted octanol–water partition coefficient (Wildman–Crippen LogP) is -6.01.